The van der Waals surface area contributed by atoms with E-state index in [9.17, 15) is 4.79 Å². The van der Waals surface area contributed by atoms with E-state index in [-0.39, 0.29) is 17.1 Å². The molecule has 0 N–H and O–H groups in total. The number of benzene rings is 2. The quantitative estimate of drug-likeness (QED) is 0.707. The Balaban J connectivity index is 1.64. The molecular formula is C27H31NO4. The van der Waals surface area contributed by atoms with Crippen LogP contribution in [0.4, 0.5) is 0 Å². The van der Waals surface area contributed by atoms with Crippen molar-refractivity contribution < 1.29 is 19.0 Å². The van der Waals surface area contributed by atoms with Crippen LogP contribution in [0, 0.1) is 12.8 Å². The number of ether oxygens (including phenoxy) is 3. The molecule has 1 fully saturated rings. The average Bonchev–Trinajstić information content (AvgIpc) is 2.79. The lowest BCUT2D eigenvalue weighted by atomic mass is 9.53. The summed E-state index contributed by atoms with van der Waals surface area (Å²) in [5.41, 5.74) is 4.47. The van der Waals surface area contributed by atoms with E-state index in [4.69, 9.17) is 14.2 Å². The number of hydrogen-bond donors (Lipinski definition) is 0. The van der Waals surface area contributed by atoms with Crippen molar-refractivity contribution in [2.45, 2.75) is 44.2 Å². The van der Waals surface area contributed by atoms with Gasteiger partial charge in [-0.3, -0.25) is 4.79 Å². The lowest BCUT2D eigenvalue weighted by Crippen LogP contribution is -2.60. The first-order valence-corrected chi connectivity index (χ1v) is 11.3. The Morgan fingerprint density at radius 2 is 2.00 bits per heavy atom. The van der Waals surface area contributed by atoms with Crippen molar-refractivity contribution in [1.29, 1.82) is 0 Å². The highest BCUT2D eigenvalue weighted by atomic mass is 16.5. The summed E-state index contributed by atoms with van der Waals surface area (Å²) in [7, 11) is 5.47. The van der Waals surface area contributed by atoms with Crippen molar-refractivity contribution in [1.82, 2.24) is 4.90 Å². The van der Waals surface area contributed by atoms with Crippen LogP contribution in [0.3, 0.4) is 0 Å². The van der Waals surface area contributed by atoms with Crippen LogP contribution in [0.5, 0.6) is 11.5 Å². The molecule has 0 spiro atoms. The number of likely N-dealkylation sites (tertiary alicyclic amines) is 1. The number of methoxy groups -OCH3 is 2. The highest BCUT2D eigenvalue weighted by Crippen LogP contribution is 2.58. The van der Waals surface area contributed by atoms with Crippen LogP contribution >= 0.6 is 0 Å². The molecule has 2 bridgehead atoms. The molecule has 0 aromatic heterocycles. The van der Waals surface area contributed by atoms with Gasteiger partial charge >= 0.3 is 0 Å². The third-order valence-corrected chi connectivity index (χ3v) is 7.65. The van der Waals surface area contributed by atoms with Crippen molar-refractivity contribution in [3.05, 3.63) is 70.5 Å². The second kappa shape index (κ2) is 7.96. The number of rotatable bonds is 5. The van der Waals surface area contributed by atoms with E-state index < -0.39 is 0 Å². The van der Waals surface area contributed by atoms with Crippen LogP contribution in [0.15, 0.2) is 48.2 Å². The normalized spacial score (nSPS) is 26.6. The molecule has 0 amide bonds. The second-order valence-corrected chi connectivity index (χ2v) is 9.43. The van der Waals surface area contributed by atoms with Gasteiger partial charge in [0.25, 0.3) is 0 Å². The van der Waals surface area contributed by atoms with Gasteiger partial charge in [0.05, 0.1) is 14.2 Å². The topological polar surface area (TPSA) is 48.0 Å². The number of nitrogens with zero attached hydrogens (tertiary/aromatic N) is 1. The summed E-state index contributed by atoms with van der Waals surface area (Å²) >= 11 is 0. The molecule has 3 aliphatic rings. The van der Waals surface area contributed by atoms with Crippen molar-refractivity contribution in [3.63, 3.8) is 0 Å². The summed E-state index contributed by atoms with van der Waals surface area (Å²) in [6.07, 6.45) is 4.36. The first-order valence-electron chi connectivity index (χ1n) is 11.3. The lowest BCUT2D eigenvalue weighted by molar-refractivity contribution is -0.122. The van der Waals surface area contributed by atoms with Gasteiger partial charge in [0, 0.05) is 29.4 Å². The molecule has 3 atom stereocenters. The first kappa shape index (κ1) is 21.1. The zero-order chi connectivity index (χ0) is 22.5. The fourth-order valence-electron chi connectivity index (χ4n) is 6.11. The van der Waals surface area contributed by atoms with Gasteiger partial charge in [0.15, 0.2) is 23.0 Å². The number of carbonyl (C=O) groups is 1. The fourth-order valence-corrected chi connectivity index (χ4v) is 6.11. The zero-order valence-electron chi connectivity index (χ0n) is 19.3. The maximum absolute atomic E-state index is 13.1. The van der Waals surface area contributed by atoms with Crippen LogP contribution in [0.1, 0.15) is 35.1 Å². The van der Waals surface area contributed by atoms with Crippen LogP contribution in [-0.4, -0.2) is 44.5 Å². The highest BCUT2D eigenvalue weighted by molar-refractivity contribution is 5.96. The van der Waals surface area contributed by atoms with Gasteiger partial charge in [0.1, 0.15) is 6.61 Å². The first-order chi connectivity index (χ1) is 15.5. The molecule has 2 aromatic carbocycles. The molecule has 2 aromatic rings. The van der Waals surface area contributed by atoms with Gasteiger partial charge in [0.2, 0.25) is 0 Å². The Kier molecular flexibility index (Phi) is 5.25. The van der Waals surface area contributed by atoms with Gasteiger partial charge in [-0.2, -0.15) is 0 Å². The molecule has 5 heteroatoms. The number of allylic oxidation sites excluding steroid dienone is 1. The Bertz CT molecular complexity index is 1090. The molecule has 0 unspecified atom stereocenters. The summed E-state index contributed by atoms with van der Waals surface area (Å²) in [4.78, 5) is 15.5. The summed E-state index contributed by atoms with van der Waals surface area (Å²) in [5, 5.41) is 0. The average molecular weight is 434 g/mol. The number of likely N-dealkylation sites (N-methyl/N-ethyl adjacent to an activating group) is 1. The number of aryl methyl sites for hydroxylation is 1. The Hall–Kier alpha value is -2.79. The van der Waals surface area contributed by atoms with Crippen molar-refractivity contribution >= 4 is 5.78 Å². The number of ketones is 1. The summed E-state index contributed by atoms with van der Waals surface area (Å²) in [6.45, 7) is 3.51. The standard InChI is InChI=1S/C27H31NO4/c1-17-6-5-7-18(12-17)16-32-26-23(30-3)9-8-19-13-21-20-14-24(31-4)22(29)15-27(20,25(19)26)10-11-28(21)2/h5-9,12,14,20-21H,10-11,13,15-16H2,1-4H3/t20-,21+,27-/m1/s1. The number of Topliss-reactive ketones (excluding diaryl/α,β-unsaturated/α-hetero) is 1. The van der Waals surface area contributed by atoms with E-state index in [0.29, 0.717) is 24.8 Å². The third-order valence-electron chi connectivity index (χ3n) is 7.65. The minimum Gasteiger partial charge on any atom is -0.493 e. The second-order valence-electron chi connectivity index (χ2n) is 9.43. The molecular weight excluding hydrogens is 402 g/mol. The molecule has 1 heterocycles. The minimum atomic E-state index is -0.291. The predicted octanol–water partition coefficient (Wildman–Crippen LogP) is 4.20. The molecule has 2 aliphatic carbocycles. The smallest absolute Gasteiger partial charge is 0.197 e. The SMILES string of the molecule is COC1=C[C@@H]2[C@@H]3Cc4ccc(OC)c(OCc5cccc(C)c5)c4[C@]2(CCN3C)CC1=O. The molecule has 5 nitrogen and oxygen atoms in total. The molecule has 168 valence electrons. The number of carbonyl (C=O) groups excluding carboxylic acids is 1. The van der Waals surface area contributed by atoms with E-state index in [1.807, 2.05) is 6.07 Å². The maximum atomic E-state index is 13.1. The van der Waals surface area contributed by atoms with Gasteiger partial charge in [-0.25, -0.2) is 0 Å². The maximum Gasteiger partial charge on any atom is 0.197 e. The molecule has 1 saturated heterocycles. The minimum absolute atomic E-state index is 0.0763. The predicted molar refractivity (Wildman–Crippen MR) is 123 cm³/mol. The van der Waals surface area contributed by atoms with Crippen molar-refractivity contribution in [2.75, 3.05) is 27.8 Å². The van der Waals surface area contributed by atoms with Crippen LogP contribution < -0.4 is 9.47 Å². The summed E-state index contributed by atoms with van der Waals surface area (Å²) < 4.78 is 17.7. The van der Waals surface area contributed by atoms with Gasteiger partial charge < -0.3 is 19.1 Å². The van der Waals surface area contributed by atoms with Crippen molar-refractivity contribution in [2.24, 2.45) is 5.92 Å². The summed E-state index contributed by atoms with van der Waals surface area (Å²) in [6, 6.07) is 12.9. The van der Waals surface area contributed by atoms with Crippen molar-refractivity contribution in [3.8, 4) is 11.5 Å². The monoisotopic (exact) mass is 433 g/mol. The van der Waals surface area contributed by atoms with Crippen LogP contribution in [0.25, 0.3) is 0 Å². The third kappa shape index (κ3) is 3.22. The van der Waals surface area contributed by atoms with Gasteiger partial charge in [-0.15, -0.1) is 0 Å². The fraction of sp³-hybridized carbons (Fsp3) is 0.444. The molecule has 5 rings (SSSR count). The van der Waals surface area contributed by atoms with E-state index in [1.54, 1.807) is 14.2 Å². The van der Waals surface area contributed by atoms with Crippen LogP contribution in [0.2, 0.25) is 0 Å². The molecule has 0 saturated carbocycles. The molecule has 1 aliphatic heterocycles. The largest absolute Gasteiger partial charge is 0.493 e. The van der Waals surface area contributed by atoms with Gasteiger partial charge in [-0.1, -0.05) is 35.9 Å². The summed E-state index contributed by atoms with van der Waals surface area (Å²) in [5.74, 6) is 2.30. The lowest BCUT2D eigenvalue weighted by Gasteiger charge is -2.56. The number of hydrogen-bond acceptors (Lipinski definition) is 5. The van der Waals surface area contributed by atoms with E-state index >= 15 is 0 Å². The van der Waals surface area contributed by atoms with E-state index in [0.717, 1.165) is 36.4 Å². The number of piperidine rings is 1. The highest BCUT2D eigenvalue weighted by Gasteiger charge is 2.56. The van der Waals surface area contributed by atoms with Crippen LogP contribution in [-0.2, 0) is 28.0 Å². The number of fused-ring (bicyclic) bond motifs is 1. The molecule has 0 radical (unpaired) electrons. The Morgan fingerprint density at radius 3 is 2.75 bits per heavy atom. The Morgan fingerprint density at radius 1 is 1.16 bits per heavy atom. The Labute approximate surface area is 190 Å². The van der Waals surface area contributed by atoms with Gasteiger partial charge in [-0.05, 0) is 56.6 Å². The van der Waals surface area contributed by atoms with E-state index in [2.05, 4.69) is 55.3 Å². The van der Waals surface area contributed by atoms with E-state index in [1.165, 1.54) is 16.7 Å². The zero-order valence-corrected chi connectivity index (χ0v) is 19.3. The molecule has 32 heavy (non-hydrogen) atoms.